The summed E-state index contributed by atoms with van der Waals surface area (Å²) in [7, 11) is -3.08. The minimum absolute atomic E-state index is 0.121. The van der Waals surface area contributed by atoms with Crippen LogP contribution in [0.15, 0.2) is 24.4 Å². The lowest BCUT2D eigenvalue weighted by Crippen LogP contribution is -2.40. The van der Waals surface area contributed by atoms with Gasteiger partial charge in [0.05, 0.1) is 5.25 Å². The first kappa shape index (κ1) is 16.5. The van der Waals surface area contributed by atoms with Crippen molar-refractivity contribution in [2.45, 2.75) is 44.4 Å². The van der Waals surface area contributed by atoms with Gasteiger partial charge in [0.25, 0.3) is 0 Å². The van der Waals surface area contributed by atoms with Crippen LogP contribution in [0.4, 0.5) is 0 Å². The third-order valence-electron chi connectivity index (χ3n) is 4.45. The molecule has 1 fully saturated rings. The SMILES string of the molecule is Cc1cccc2c(CCN[C@H](C)CNS(=O)(=O)C3CC3)c[nH]c12. The number of H-pyrrole nitrogens is 1. The van der Waals surface area contributed by atoms with Gasteiger partial charge in [-0.3, -0.25) is 0 Å². The number of aryl methyl sites for hydroxylation is 1. The number of aromatic nitrogens is 1. The van der Waals surface area contributed by atoms with E-state index >= 15 is 0 Å². The van der Waals surface area contributed by atoms with Gasteiger partial charge in [0.2, 0.25) is 10.0 Å². The van der Waals surface area contributed by atoms with Gasteiger partial charge in [-0.1, -0.05) is 18.2 Å². The number of para-hydroxylation sites is 1. The van der Waals surface area contributed by atoms with Crippen molar-refractivity contribution in [1.82, 2.24) is 15.0 Å². The van der Waals surface area contributed by atoms with Gasteiger partial charge in [-0.05, 0) is 50.8 Å². The van der Waals surface area contributed by atoms with Crippen molar-refractivity contribution in [2.24, 2.45) is 0 Å². The number of fused-ring (bicyclic) bond motifs is 1. The summed E-state index contributed by atoms with van der Waals surface area (Å²) >= 11 is 0. The van der Waals surface area contributed by atoms with Crippen molar-refractivity contribution < 1.29 is 8.42 Å². The van der Waals surface area contributed by atoms with Crippen LogP contribution in [-0.2, 0) is 16.4 Å². The van der Waals surface area contributed by atoms with Gasteiger partial charge in [0.15, 0.2) is 0 Å². The van der Waals surface area contributed by atoms with Crippen LogP contribution in [0, 0.1) is 6.92 Å². The second-order valence-electron chi connectivity index (χ2n) is 6.51. The zero-order valence-electron chi connectivity index (χ0n) is 13.7. The largest absolute Gasteiger partial charge is 0.361 e. The second-order valence-corrected chi connectivity index (χ2v) is 8.55. The van der Waals surface area contributed by atoms with Crippen molar-refractivity contribution in [2.75, 3.05) is 13.1 Å². The van der Waals surface area contributed by atoms with E-state index in [1.807, 2.05) is 6.92 Å². The molecule has 0 amide bonds. The molecule has 0 radical (unpaired) electrons. The number of hydrogen-bond donors (Lipinski definition) is 3. The zero-order chi connectivity index (χ0) is 16.4. The Hall–Kier alpha value is -1.37. The molecule has 126 valence electrons. The summed E-state index contributed by atoms with van der Waals surface area (Å²) in [4.78, 5) is 3.34. The molecule has 2 aromatic rings. The van der Waals surface area contributed by atoms with Crippen molar-refractivity contribution in [3.8, 4) is 0 Å². The minimum atomic E-state index is -3.08. The van der Waals surface area contributed by atoms with Crippen LogP contribution in [0.3, 0.4) is 0 Å². The first-order valence-corrected chi connectivity index (χ1v) is 9.79. The van der Waals surface area contributed by atoms with E-state index in [9.17, 15) is 8.42 Å². The van der Waals surface area contributed by atoms with E-state index in [1.165, 1.54) is 22.0 Å². The summed E-state index contributed by atoms with van der Waals surface area (Å²) in [5.74, 6) is 0. The standard InChI is InChI=1S/C17H25N3O2S/c1-12-4-3-5-16-14(11-19-17(12)16)8-9-18-13(2)10-20-23(21,22)15-6-7-15/h3-5,11,13,15,18-20H,6-10H2,1-2H3/t13-/m1/s1. The molecule has 1 aliphatic carbocycles. The Kier molecular flexibility index (Phi) is 4.75. The molecule has 0 aliphatic heterocycles. The maximum absolute atomic E-state index is 11.8. The Morgan fingerprint density at radius 2 is 2.13 bits per heavy atom. The van der Waals surface area contributed by atoms with Gasteiger partial charge < -0.3 is 10.3 Å². The lowest BCUT2D eigenvalue weighted by molar-refractivity contribution is 0.526. The molecule has 1 aromatic heterocycles. The normalized spacial score (nSPS) is 16.8. The highest BCUT2D eigenvalue weighted by atomic mass is 32.2. The minimum Gasteiger partial charge on any atom is -0.361 e. The fraction of sp³-hybridized carbons (Fsp3) is 0.529. The molecule has 1 heterocycles. The van der Waals surface area contributed by atoms with E-state index in [0.717, 1.165) is 25.8 Å². The molecule has 23 heavy (non-hydrogen) atoms. The molecule has 0 saturated heterocycles. The number of nitrogens with one attached hydrogen (secondary N) is 3. The second kappa shape index (κ2) is 6.63. The summed E-state index contributed by atoms with van der Waals surface area (Å²) in [6, 6.07) is 6.45. The molecule has 0 spiro atoms. The lowest BCUT2D eigenvalue weighted by Gasteiger charge is -2.14. The molecule has 1 aliphatic rings. The molecular weight excluding hydrogens is 310 g/mol. The van der Waals surface area contributed by atoms with E-state index in [4.69, 9.17) is 0 Å². The molecule has 1 atom stereocenters. The van der Waals surface area contributed by atoms with Crippen molar-refractivity contribution in [3.63, 3.8) is 0 Å². The van der Waals surface area contributed by atoms with E-state index in [1.54, 1.807) is 0 Å². The first-order chi connectivity index (χ1) is 11.0. The van der Waals surface area contributed by atoms with Crippen LogP contribution in [0.5, 0.6) is 0 Å². The van der Waals surface area contributed by atoms with Crippen LogP contribution >= 0.6 is 0 Å². The van der Waals surface area contributed by atoms with Gasteiger partial charge in [-0.2, -0.15) is 0 Å². The van der Waals surface area contributed by atoms with Gasteiger partial charge in [0, 0.05) is 29.7 Å². The predicted octanol–water partition coefficient (Wildman–Crippen LogP) is 2.08. The lowest BCUT2D eigenvalue weighted by atomic mass is 10.1. The molecule has 0 unspecified atom stereocenters. The van der Waals surface area contributed by atoms with E-state index < -0.39 is 10.0 Å². The number of hydrogen-bond acceptors (Lipinski definition) is 3. The van der Waals surface area contributed by atoms with Crippen LogP contribution in [0.25, 0.3) is 10.9 Å². The fourth-order valence-corrected chi connectivity index (χ4v) is 4.31. The van der Waals surface area contributed by atoms with Gasteiger partial charge >= 0.3 is 0 Å². The quantitative estimate of drug-likeness (QED) is 0.691. The summed E-state index contributed by atoms with van der Waals surface area (Å²) in [5, 5.41) is 4.51. The fourth-order valence-electron chi connectivity index (χ4n) is 2.83. The number of sulfonamides is 1. The number of rotatable bonds is 8. The highest BCUT2D eigenvalue weighted by molar-refractivity contribution is 7.90. The Morgan fingerprint density at radius 3 is 2.87 bits per heavy atom. The zero-order valence-corrected chi connectivity index (χ0v) is 14.5. The number of aromatic amines is 1. The summed E-state index contributed by atoms with van der Waals surface area (Å²) < 4.78 is 26.3. The molecule has 3 rings (SSSR count). The summed E-state index contributed by atoms with van der Waals surface area (Å²) in [5.41, 5.74) is 3.75. The third kappa shape index (κ3) is 3.94. The third-order valence-corrected chi connectivity index (χ3v) is 6.37. The van der Waals surface area contributed by atoms with E-state index in [2.05, 4.69) is 46.3 Å². The average Bonchev–Trinajstić information content (AvgIpc) is 3.29. The van der Waals surface area contributed by atoms with E-state index in [0.29, 0.717) is 6.54 Å². The van der Waals surface area contributed by atoms with Crippen molar-refractivity contribution in [1.29, 1.82) is 0 Å². The highest BCUT2D eigenvalue weighted by Gasteiger charge is 2.35. The Labute approximate surface area is 137 Å². The van der Waals surface area contributed by atoms with Gasteiger partial charge in [0.1, 0.15) is 0 Å². The smallest absolute Gasteiger partial charge is 0.214 e. The summed E-state index contributed by atoms with van der Waals surface area (Å²) in [6.45, 7) is 5.39. The van der Waals surface area contributed by atoms with Gasteiger partial charge in [-0.25, -0.2) is 13.1 Å². The molecule has 1 saturated carbocycles. The topological polar surface area (TPSA) is 74.0 Å². The van der Waals surface area contributed by atoms with Crippen LogP contribution in [0.2, 0.25) is 0 Å². The Balaban J connectivity index is 1.47. The Morgan fingerprint density at radius 1 is 1.35 bits per heavy atom. The number of benzene rings is 1. The average molecular weight is 335 g/mol. The predicted molar refractivity (Wildman–Crippen MR) is 94.1 cm³/mol. The molecule has 3 N–H and O–H groups in total. The van der Waals surface area contributed by atoms with Crippen LogP contribution in [0.1, 0.15) is 30.9 Å². The maximum atomic E-state index is 11.8. The highest BCUT2D eigenvalue weighted by Crippen LogP contribution is 2.27. The van der Waals surface area contributed by atoms with Gasteiger partial charge in [-0.15, -0.1) is 0 Å². The molecule has 6 heteroatoms. The molecule has 0 bridgehead atoms. The Bertz CT molecular complexity index is 778. The monoisotopic (exact) mass is 335 g/mol. The molecule has 1 aromatic carbocycles. The maximum Gasteiger partial charge on any atom is 0.214 e. The summed E-state index contributed by atoms with van der Waals surface area (Å²) in [6.07, 6.45) is 4.59. The molecule has 5 nitrogen and oxygen atoms in total. The van der Waals surface area contributed by atoms with Crippen molar-refractivity contribution >= 4 is 20.9 Å². The van der Waals surface area contributed by atoms with Crippen LogP contribution in [-0.4, -0.2) is 37.8 Å². The van der Waals surface area contributed by atoms with Crippen LogP contribution < -0.4 is 10.0 Å². The van der Waals surface area contributed by atoms with E-state index in [-0.39, 0.29) is 11.3 Å². The first-order valence-electron chi connectivity index (χ1n) is 8.25. The van der Waals surface area contributed by atoms with Crippen molar-refractivity contribution in [3.05, 3.63) is 35.5 Å². The molecular formula is C17H25N3O2S.